The maximum atomic E-state index is 6.04. The van der Waals surface area contributed by atoms with Crippen LogP contribution >= 0.6 is 11.6 Å². The molecule has 4 rings (SSSR count). The van der Waals surface area contributed by atoms with E-state index in [4.69, 9.17) is 16.6 Å². The molecule has 0 radical (unpaired) electrons. The van der Waals surface area contributed by atoms with Crippen LogP contribution in [0.15, 0.2) is 60.8 Å². The topological polar surface area (TPSA) is 41.1 Å². The van der Waals surface area contributed by atoms with E-state index in [2.05, 4.69) is 52.5 Å². The van der Waals surface area contributed by atoms with Gasteiger partial charge in [0.2, 0.25) is 5.95 Å². The van der Waals surface area contributed by atoms with Crippen molar-refractivity contribution in [3.8, 4) is 0 Å². The Bertz CT molecular complexity index is 912. The van der Waals surface area contributed by atoms with E-state index in [0.717, 1.165) is 30.2 Å². The minimum atomic E-state index is 0.390. The first kappa shape index (κ1) is 16.9. The third kappa shape index (κ3) is 3.51. The molecule has 26 heavy (non-hydrogen) atoms. The summed E-state index contributed by atoms with van der Waals surface area (Å²) in [6.45, 7) is 2.99. The zero-order valence-electron chi connectivity index (χ0n) is 14.7. The van der Waals surface area contributed by atoms with Crippen LogP contribution in [0.25, 0.3) is 0 Å². The van der Waals surface area contributed by atoms with Gasteiger partial charge in [0, 0.05) is 29.5 Å². The van der Waals surface area contributed by atoms with E-state index in [9.17, 15) is 0 Å². The molecule has 1 aliphatic heterocycles. The summed E-state index contributed by atoms with van der Waals surface area (Å²) in [6.07, 6.45) is 3.73. The van der Waals surface area contributed by atoms with Crippen LogP contribution in [0, 0.1) is 0 Å². The van der Waals surface area contributed by atoms with E-state index in [0.29, 0.717) is 12.0 Å². The number of halogens is 1. The van der Waals surface area contributed by atoms with Gasteiger partial charge in [-0.15, -0.1) is 0 Å². The monoisotopic (exact) mass is 364 g/mol. The van der Waals surface area contributed by atoms with Gasteiger partial charge in [0.25, 0.3) is 0 Å². The Balaban J connectivity index is 1.47. The first-order valence-electron chi connectivity index (χ1n) is 8.89. The van der Waals surface area contributed by atoms with Crippen molar-refractivity contribution in [1.29, 1.82) is 0 Å². The molecular weight excluding hydrogens is 344 g/mol. The summed E-state index contributed by atoms with van der Waals surface area (Å²) in [5.41, 5.74) is 3.81. The molecule has 1 unspecified atom stereocenters. The molecule has 3 aromatic rings. The van der Waals surface area contributed by atoms with E-state index in [-0.39, 0.29) is 0 Å². The lowest BCUT2D eigenvalue weighted by molar-refractivity contribution is 0.749. The first-order chi connectivity index (χ1) is 12.7. The minimum Gasteiger partial charge on any atom is -0.354 e. The third-order valence-electron chi connectivity index (χ3n) is 4.68. The number of aromatic nitrogens is 2. The standard InChI is InChI=1S/C21H21ClN4/c1-15-13-17-6-2-3-8-19(17)26(15)20-10-12-24-21(25-20)23-11-9-16-5-4-7-18(22)14-16/h2-8,10,12,14-15H,9,11,13H2,1H3,(H,23,24,25). The maximum Gasteiger partial charge on any atom is 0.224 e. The predicted molar refractivity (Wildman–Crippen MR) is 107 cm³/mol. The number of hydrogen-bond donors (Lipinski definition) is 1. The number of nitrogens with zero attached hydrogens (tertiary/aromatic N) is 3. The number of benzene rings is 2. The largest absolute Gasteiger partial charge is 0.354 e. The molecule has 0 spiro atoms. The molecule has 0 saturated carbocycles. The van der Waals surface area contributed by atoms with Gasteiger partial charge in [-0.25, -0.2) is 4.98 Å². The highest BCUT2D eigenvalue weighted by molar-refractivity contribution is 6.30. The van der Waals surface area contributed by atoms with Crippen molar-refractivity contribution >= 4 is 29.1 Å². The van der Waals surface area contributed by atoms with Gasteiger partial charge < -0.3 is 10.2 Å². The lowest BCUT2D eigenvalue weighted by Crippen LogP contribution is -2.25. The van der Waals surface area contributed by atoms with Crippen LogP contribution < -0.4 is 10.2 Å². The molecule has 1 aromatic heterocycles. The summed E-state index contributed by atoms with van der Waals surface area (Å²) in [7, 11) is 0. The summed E-state index contributed by atoms with van der Waals surface area (Å²) in [5, 5.41) is 4.09. The zero-order chi connectivity index (χ0) is 17.9. The van der Waals surface area contributed by atoms with Gasteiger partial charge in [-0.1, -0.05) is 41.9 Å². The molecule has 2 aromatic carbocycles. The average molecular weight is 365 g/mol. The second-order valence-electron chi connectivity index (χ2n) is 6.60. The molecule has 1 N–H and O–H groups in total. The summed E-state index contributed by atoms with van der Waals surface area (Å²) >= 11 is 6.04. The van der Waals surface area contributed by atoms with Gasteiger partial charge >= 0.3 is 0 Å². The van der Waals surface area contributed by atoms with Crippen LogP contribution in [0.3, 0.4) is 0 Å². The van der Waals surface area contributed by atoms with Gasteiger partial charge in [0.05, 0.1) is 0 Å². The van der Waals surface area contributed by atoms with Crippen molar-refractivity contribution in [3.05, 3.63) is 76.9 Å². The molecular formula is C21H21ClN4. The van der Waals surface area contributed by atoms with Crippen LogP contribution in [0.1, 0.15) is 18.1 Å². The summed E-state index contributed by atoms with van der Waals surface area (Å²) in [6, 6.07) is 18.8. The fraction of sp³-hybridized carbons (Fsp3) is 0.238. The molecule has 0 bridgehead atoms. The lowest BCUT2D eigenvalue weighted by atomic mass is 10.1. The van der Waals surface area contributed by atoms with Gasteiger partial charge in [0.1, 0.15) is 5.82 Å². The van der Waals surface area contributed by atoms with Crippen LogP contribution in [0.2, 0.25) is 5.02 Å². The lowest BCUT2D eigenvalue weighted by Gasteiger charge is -2.24. The second kappa shape index (κ2) is 7.34. The van der Waals surface area contributed by atoms with E-state index in [1.807, 2.05) is 30.5 Å². The summed E-state index contributed by atoms with van der Waals surface area (Å²) in [4.78, 5) is 11.4. The molecule has 4 nitrogen and oxygen atoms in total. The second-order valence-corrected chi connectivity index (χ2v) is 7.03. The Labute approximate surface area is 158 Å². The molecule has 0 fully saturated rings. The van der Waals surface area contributed by atoms with Crippen molar-refractivity contribution in [1.82, 2.24) is 9.97 Å². The Morgan fingerprint density at radius 1 is 1.15 bits per heavy atom. The number of anilines is 3. The highest BCUT2D eigenvalue weighted by Crippen LogP contribution is 2.37. The van der Waals surface area contributed by atoms with Crippen LogP contribution in [0.5, 0.6) is 0 Å². The number of hydrogen-bond acceptors (Lipinski definition) is 4. The quantitative estimate of drug-likeness (QED) is 0.701. The number of nitrogens with one attached hydrogen (secondary N) is 1. The molecule has 132 valence electrons. The molecule has 1 aliphatic rings. The Hall–Kier alpha value is -2.59. The molecule has 2 heterocycles. The van der Waals surface area contributed by atoms with Crippen molar-refractivity contribution in [2.24, 2.45) is 0 Å². The number of fused-ring (bicyclic) bond motifs is 1. The van der Waals surface area contributed by atoms with Crippen LogP contribution in [0.4, 0.5) is 17.5 Å². The smallest absolute Gasteiger partial charge is 0.224 e. The Morgan fingerprint density at radius 3 is 2.92 bits per heavy atom. The maximum absolute atomic E-state index is 6.04. The van der Waals surface area contributed by atoms with Crippen LogP contribution in [-0.2, 0) is 12.8 Å². The first-order valence-corrected chi connectivity index (χ1v) is 9.27. The van der Waals surface area contributed by atoms with E-state index in [1.54, 1.807) is 0 Å². The van der Waals surface area contributed by atoms with Crippen LogP contribution in [-0.4, -0.2) is 22.6 Å². The zero-order valence-corrected chi connectivity index (χ0v) is 15.4. The van der Waals surface area contributed by atoms with Crippen molar-refractivity contribution in [2.45, 2.75) is 25.8 Å². The van der Waals surface area contributed by atoms with Gasteiger partial charge in [-0.2, -0.15) is 4.98 Å². The summed E-state index contributed by atoms with van der Waals surface area (Å²) < 4.78 is 0. The Kier molecular flexibility index (Phi) is 4.76. The molecule has 0 amide bonds. The molecule has 0 saturated heterocycles. The van der Waals surface area contributed by atoms with Crippen molar-refractivity contribution in [3.63, 3.8) is 0 Å². The molecule has 1 atom stereocenters. The Morgan fingerprint density at radius 2 is 2.04 bits per heavy atom. The molecule has 0 aliphatic carbocycles. The van der Waals surface area contributed by atoms with E-state index < -0.39 is 0 Å². The van der Waals surface area contributed by atoms with Gasteiger partial charge in [-0.05, 0) is 55.2 Å². The molecule has 5 heteroatoms. The van der Waals surface area contributed by atoms with Gasteiger partial charge in [0.15, 0.2) is 0 Å². The average Bonchev–Trinajstić information content (AvgIpc) is 2.98. The normalized spacial score (nSPS) is 15.8. The predicted octanol–water partition coefficient (Wildman–Crippen LogP) is 4.87. The van der Waals surface area contributed by atoms with E-state index >= 15 is 0 Å². The van der Waals surface area contributed by atoms with Crippen molar-refractivity contribution in [2.75, 3.05) is 16.8 Å². The highest BCUT2D eigenvalue weighted by Gasteiger charge is 2.27. The van der Waals surface area contributed by atoms with E-state index in [1.165, 1.54) is 16.8 Å². The highest BCUT2D eigenvalue weighted by atomic mass is 35.5. The third-order valence-corrected chi connectivity index (χ3v) is 4.92. The fourth-order valence-electron chi connectivity index (χ4n) is 3.49. The minimum absolute atomic E-state index is 0.390. The van der Waals surface area contributed by atoms with Crippen molar-refractivity contribution < 1.29 is 0 Å². The number of para-hydroxylation sites is 1. The fourth-order valence-corrected chi connectivity index (χ4v) is 3.71. The SMILES string of the molecule is CC1Cc2ccccc2N1c1ccnc(NCCc2cccc(Cl)c2)n1. The summed E-state index contributed by atoms with van der Waals surface area (Å²) in [5.74, 6) is 1.59. The van der Waals surface area contributed by atoms with Gasteiger partial charge in [-0.3, -0.25) is 0 Å². The number of rotatable bonds is 5.